The molecule has 1 aromatic carbocycles. The van der Waals surface area contributed by atoms with Gasteiger partial charge < -0.3 is 4.42 Å². The van der Waals surface area contributed by atoms with Crippen LogP contribution in [0.15, 0.2) is 41.0 Å². The molecule has 2 rings (SSSR count). The normalized spacial score (nSPS) is 11.8. The summed E-state index contributed by atoms with van der Waals surface area (Å²) in [6.07, 6.45) is -3.15. The molecule has 0 unspecified atom stereocenters. The number of furan rings is 1. The molecule has 0 N–H and O–H groups in total. The minimum absolute atomic E-state index is 0.0183. The van der Waals surface area contributed by atoms with E-state index in [0.29, 0.717) is 0 Å². The second kappa shape index (κ2) is 3.87. The van der Waals surface area contributed by atoms with E-state index in [4.69, 9.17) is 16.0 Å². The van der Waals surface area contributed by atoms with Crippen LogP contribution in [0.5, 0.6) is 0 Å². The molecule has 0 spiro atoms. The van der Waals surface area contributed by atoms with Crippen molar-refractivity contribution in [3.63, 3.8) is 0 Å². The van der Waals surface area contributed by atoms with Crippen LogP contribution >= 0.6 is 11.6 Å². The molecule has 0 bridgehead atoms. The van der Waals surface area contributed by atoms with Crippen LogP contribution < -0.4 is 0 Å². The number of alkyl halides is 3. The van der Waals surface area contributed by atoms with Crippen LogP contribution in [0.1, 0.15) is 5.56 Å². The molecule has 0 aliphatic carbocycles. The molecule has 1 aromatic heterocycles. The van der Waals surface area contributed by atoms with Gasteiger partial charge in [0.1, 0.15) is 5.76 Å². The van der Waals surface area contributed by atoms with Gasteiger partial charge in [-0.3, -0.25) is 0 Å². The molecule has 0 amide bonds. The summed E-state index contributed by atoms with van der Waals surface area (Å²) >= 11 is 5.77. The smallest absolute Gasteiger partial charge is 0.417 e. The van der Waals surface area contributed by atoms with Gasteiger partial charge in [-0.25, -0.2) is 0 Å². The molecular formula is C11H6ClF3O. The summed E-state index contributed by atoms with van der Waals surface area (Å²) in [6.45, 7) is 0. The van der Waals surface area contributed by atoms with Gasteiger partial charge >= 0.3 is 6.18 Å². The zero-order valence-electron chi connectivity index (χ0n) is 7.88. The van der Waals surface area contributed by atoms with Crippen molar-refractivity contribution in [1.82, 2.24) is 0 Å². The summed E-state index contributed by atoms with van der Waals surface area (Å²) in [5.41, 5.74) is -0.920. The maximum atomic E-state index is 12.7. The molecule has 0 fully saturated rings. The van der Waals surface area contributed by atoms with E-state index < -0.39 is 11.7 Å². The Morgan fingerprint density at radius 2 is 1.81 bits per heavy atom. The van der Waals surface area contributed by atoms with Crippen molar-refractivity contribution in [2.75, 3.05) is 0 Å². The van der Waals surface area contributed by atoms with Gasteiger partial charge in [0.05, 0.1) is 16.8 Å². The Kier molecular flexibility index (Phi) is 2.68. The second-order valence-electron chi connectivity index (χ2n) is 3.14. The minimum Gasteiger partial charge on any atom is -0.464 e. The van der Waals surface area contributed by atoms with Crippen molar-refractivity contribution in [3.8, 4) is 11.3 Å². The zero-order chi connectivity index (χ0) is 11.8. The van der Waals surface area contributed by atoms with Gasteiger partial charge in [0.25, 0.3) is 0 Å². The number of rotatable bonds is 1. The van der Waals surface area contributed by atoms with Crippen LogP contribution in [0.4, 0.5) is 13.2 Å². The lowest BCUT2D eigenvalue weighted by Crippen LogP contribution is -2.07. The first-order valence-corrected chi connectivity index (χ1v) is 4.77. The SMILES string of the molecule is FC(F)(F)c1cccc(Cl)c1-c1ccco1. The highest BCUT2D eigenvalue weighted by Crippen LogP contribution is 2.40. The van der Waals surface area contributed by atoms with Crippen molar-refractivity contribution in [3.05, 3.63) is 47.2 Å². The van der Waals surface area contributed by atoms with Crippen molar-refractivity contribution in [1.29, 1.82) is 0 Å². The Morgan fingerprint density at radius 1 is 1.06 bits per heavy atom. The van der Waals surface area contributed by atoms with Gasteiger partial charge in [0.2, 0.25) is 0 Å². The number of hydrogen-bond donors (Lipinski definition) is 0. The third-order valence-electron chi connectivity index (χ3n) is 2.09. The van der Waals surface area contributed by atoms with E-state index in [-0.39, 0.29) is 16.3 Å². The fourth-order valence-electron chi connectivity index (χ4n) is 1.43. The summed E-state index contributed by atoms with van der Waals surface area (Å²) in [5, 5.41) is 0.0183. The standard InChI is InChI=1S/C11H6ClF3O/c12-8-4-1-3-7(11(13,14)15)10(8)9-5-2-6-16-9/h1-6H. The van der Waals surface area contributed by atoms with E-state index in [2.05, 4.69) is 0 Å². The minimum atomic E-state index is -4.45. The van der Waals surface area contributed by atoms with E-state index in [1.54, 1.807) is 0 Å². The van der Waals surface area contributed by atoms with Crippen molar-refractivity contribution in [2.24, 2.45) is 0 Å². The fourth-order valence-corrected chi connectivity index (χ4v) is 1.70. The third-order valence-corrected chi connectivity index (χ3v) is 2.40. The Balaban J connectivity index is 2.68. The summed E-state index contributed by atoms with van der Waals surface area (Å²) in [7, 11) is 0. The lowest BCUT2D eigenvalue weighted by atomic mass is 10.0. The molecule has 1 heterocycles. The van der Waals surface area contributed by atoms with Crippen LogP contribution in [-0.2, 0) is 6.18 Å². The average molecular weight is 247 g/mol. The molecular weight excluding hydrogens is 241 g/mol. The van der Waals surface area contributed by atoms with E-state index in [1.165, 1.54) is 30.5 Å². The van der Waals surface area contributed by atoms with Gasteiger partial charge in [-0.15, -0.1) is 0 Å². The molecule has 1 nitrogen and oxygen atoms in total. The van der Waals surface area contributed by atoms with E-state index in [0.717, 1.165) is 6.07 Å². The molecule has 16 heavy (non-hydrogen) atoms. The van der Waals surface area contributed by atoms with Gasteiger partial charge in [-0.1, -0.05) is 17.7 Å². The maximum Gasteiger partial charge on any atom is 0.417 e. The lowest BCUT2D eigenvalue weighted by Gasteiger charge is -2.12. The predicted molar refractivity (Wildman–Crippen MR) is 54.2 cm³/mol. The first kappa shape index (κ1) is 11.1. The average Bonchev–Trinajstić information content (AvgIpc) is 2.68. The molecule has 0 saturated carbocycles. The summed E-state index contributed by atoms with van der Waals surface area (Å²) < 4.78 is 43.1. The van der Waals surface area contributed by atoms with Crippen LogP contribution in [-0.4, -0.2) is 0 Å². The van der Waals surface area contributed by atoms with Gasteiger partial charge in [-0.2, -0.15) is 13.2 Å². The molecule has 0 radical (unpaired) electrons. The highest BCUT2D eigenvalue weighted by atomic mass is 35.5. The molecule has 0 atom stereocenters. The van der Waals surface area contributed by atoms with Crippen molar-refractivity contribution in [2.45, 2.75) is 6.18 Å². The summed E-state index contributed by atoms with van der Waals surface area (Å²) in [6, 6.07) is 6.59. The molecule has 5 heteroatoms. The quantitative estimate of drug-likeness (QED) is 0.716. The predicted octanol–water partition coefficient (Wildman–Crippen LogP) is 4.62. The van der Waals surface area contributed by atoms with E-state index >= 15 is 0 Å². The Morgan fingerprint density at radius 3 is 2.38 bits per heavy atom. The first-order valence-electron chi connectivity index (χ1n) is 4.40. The first-order chi connectivity index (χ1) is 7.50. The fraction of sp³-hybridized carbons (Fsp3) is 0.0909. The van der Waals surface area contributed by atoms with Gasteiger partial charge in [0.15, 0.2) is 0 Å². The van der Waals surface area contributed by atoms with Crippen LogP contribution in [0, 0.1) is 0 Å². The van der Waals surface area contributed by atoms with Crippen molar-refractivity contribution >= 4 is 11.6 Å². The van der Waals surface area contributed by atoms with Crippen molar-refractivity contribution < 1.29 is 17.6 Å². The zero-order valence-corrected chi connectivity index (χ0v) is 8.64. The number of hydrogen-bond acceptors (Lipinski definition) is 1. The molecule has 0 aliphatic rings. The highest BCUT2D eigenvalue weighted by molar-refractivity contribution is 6.33. The summed E-state index contributed by atoms with van der Waals surface area (Å²) in [4.78, 5) is 0. The molecule has 0 aliphatic heterocycles. The van der Waals surface area contributed by atoms with Crippen LogP contribution in [0.2, 0.25) is 5.02 Å². The Bertz CT molecular complexity index is 488. The van der Waals surface area contributed by atoms with Gasteiger partial charge in [0, 0.05) is 5.56 Å². The Hall–Kier alpha value is -1.42. The monoisotopic (exact) mass is 246 g/mol. The Labute approximate surface area is 94.4 Å². The largest absolute Gasteiger partial charge is 0.464 e. The van der Waals surface area contributed by atoms with Crippen LogP contribution in [0.3, 0.4) is 0 Å². The van der Waals surface area contributed by atoms with Crippen LogP contribution in [0.25, 0.3) is 11.3 Å². The maximum absolute atomic E-state index is 12.7. The lowest BCUT2D eigenvalue weighted by molar-refractivity contribution is -0.137. The molecule has 0 saturated heterocycles. The van der Waals surface area contributed by atoms with E-state index in [1.807, 2.05) is 0 Å². The highest BCUT2D eigenvalue weighted by Gasteiger charge is 2.35. The topological polar surface area (TPSA) is 13.1 Å². The number of halogens is 4. The van der Waals surface area contributed by atoms with Gasteiger partial charge in [-0.05, 0) is 24.3 Å². The molecule has 2 aromatic rings. The number of benzene rings is 1. The second-order valence-corrected chi connectivity index (χ2v) is 3.54. The third kappa shape index (κ3) is 1.93. The molecule has 84 valence electrons. The summed E-state index contributed by atoms with van der Waals surface area (Å²) in [5.74, 6) is 0.109. The van der Waals surface area contributed by atoms with E-state index in [9.17, 15) is 13.2 Å².